The van der Waals surface area contributed by atoms with Crippen LogP contribution in [0.5, 0.6) is 0 Å². The molecule has 0 bridgehead atoms. The Morgan fingerprint density at radius 3 is 2.31 bits per heavy atom. The van der Waals surface area contributed by atoms with Crippen molar-refractivity contribution >= 4 is 18.0 Å². The number of amides is 2. The zero-order valence-corrected chi connectivity index (χ0v) is 17.5. The number of hydroxylamine groups is 1. The first-order valence-corrected chi connectivity index (χ1v) is 10.3. The van der Waals surface area contributed by atoms with E-state index < -0.39 is 29.6 Å². The Morgan fingerprint density at radius 1 is 1.12 bits per heavy atom. The molecule has 1 aliphatic carbocycles. The fourth-order valence-electron chi connectivity index (χ4n) is 4.02. The lowest BCUT2D eigenvalue weighted by Crippen LogP contribution is -2.60. The molecule has 2 atom stereocenters. The van der Waals surface area contributed by atoms with E-state index in [0.29, 0.717) is 0 Å². The third-order valence-electron chi connectivity index (χ3n) is 5.82. The number of ether oxygens (including phenoxy) is 2. The number of benzene rings is 2. The molecule has 0 saturated carbocycles. The van der Waals surface area contributed by atoms with Crippen molar-refractivity contribution in [1.29, 1.82) is 0 Å². The fourth-order valence-corrected chi connectivity index (χ4v) is 4.02. The van der Waals surface area contributed by atoms with Gasteiger partial charge in [0.2, 0.25) is 0 Å². The van der Waals surface area contributed by atoms with Crippen molar-refractivity contribution in [3.05, 3.63) is 59.7 Å². The van der Waals surface area contributed by atoms with E-state index in [1.165, 1.54) is 6.92 Å². The van der Waals surface area contributed by atoms with Crippen LogP contribution in [-0.4, -0.2) is 54.5 Å². The van der Waals surface area contributed by atoms with Gasteiger partial charge in [-0.3, -0.25) is 9.63 Å². The summed E-state index contributed by atoms with van der Waals surface area (Å²) in [6.07, 6.45) is -1.81. The number of nitrogens with one attached hydrogen (secondary N) is 2. The SMILES string of the molecule is CC(ONC(=O)C1(NC(=O)OCC2c3ccccc3-c3ccccc32)CCOC1)C(=O)O. The van der Waals surface area contributed by atoms with E-state index in [4.69, 9.17) is 19.4 Å². The van der Waals surface area contributed by atoms with E-state index >= 15 is 0 Å². The van der Waals surface area contributed by atoms with E-state index in [2.05, 4.69) is 10.8 Å². The molecule has 0 aromatic heterocycles. The zero-order valence-electron chi connectivity index (χ0n) is 17.5. The lowest BCUT2D eigenvalue weighted by molar-refractivity contribution is -0.161. The molecule has 2 unspecified atom stereocenters. The van der Waals surface area contributed by atoms with Crippen molar-refractivity contribution in [3.63, 3.8) is 0 Å². The Balaban J connectivity index is 1.42. The Kier molecular flexibility index (Phi) is 6.11. The van der Waals surface area contributed by atoms with Gasteiger partial charge < -0.3 is 19.9 Å². The lowest BCUT2D eigenvalue weighted by atomic mass is 9.98. The van der Waals surface area contributed by atoms with Crippen molar-refractivity contribution in [1.82, 2.24) is 10.8 Å². The summed E-state index contributed by atoms with van der Waals surface area (Å²) >= 11 is 0. The smallest absolute Gasteiger partial charge is 0.408 e. The van der Waals surface area contributed by atoms with Gasteiger partial charge in [-0.25, -0.2) is 15.1 Å². The molecule has 1 saturated heterocycles. The van der Waals surface area contributed by atoms with Crippen LogP contribution in [0, 0.1) is 0 Å². The summed E-state index contributed by atoms with van der Waals surface area (Å²) in [5, 5.41) is 11.5. The summed E-state index contributed by atoms with van der Waals surface area (Å²) in [5.41, 5.74) is 5.08. The summed E-state index contributed by atoms with van der Waals surface area (Å²) < 4.78 is 10.8. The molecule has 168 valence electrons. The first-order chi connectivity index (χ1) is 15.4. The summed E-state index contributed by atoms with van der Waals surface area (Å²) in [6, 6.07) is 16.0. The Labute approximate surface area is 184 Å². The molecule has 32 heavy (non-hydrogen) atoms. The van der Waals surface area contributed by atoms with Crippen LogP contribution in [0.15, 0.2) is 48.5 Å². The van der Waals surface area contributed by atoms with Gasteiger partial charge in [0.05, 0.1) is 6.61 Å². The first-order valence-electron chi connectivity index (χ1n) is 10.3. The van der Waals surface area contributed by atoms with E-state index in [1.54, 1.807) is 0 Å². The largest absolute Gasteiger partial charge is 0.479 e. The van der Waals surface area contributed by atoms with Gasteiger partial charge in [-0.1, -0.05) is 48.5 Å². The summed E-state index contributed by atoms with van der Waals surface area (Å²) in [7, 11) is 0. The number of hydrogen-bond acceptors (Lipinski definition) is 6. The average Bonchev–Trinajstić information content (AvgIpc) is 3.39. The lowest BCUT2D eigenvalue weighted by Gasteiger charge is -2.27. The maximum absolute atomic E-state index is 12.6. The second-order valence-electron chi connectivity index (χ2n) is 7.86. The number of carboxylic acids is 1. The van der Waals surface area contributed by atoms with Crippen LogP contribution in [0.1, 0.15) is 30.4 Å². The van der Waals surface area contributed by atoms with Gasteiger partial charge in [-0.05, 0) is 29.2 Å². The number of aliphatic carboxylic acids is 1. The molecule has 9 nitrogen and oxygen atoms in total. The van der Waals surface area contributed by atoms with Gasteiger partial charge >= 0.3 is 12.1 Å². The quantitative estimate of drug-likeness (QED) is 0.564. The van der Waals surface area contributed by atoms with Crippen molar-refractivity contribution in [2.45, 2.75) is 30.9 Å². The highest BCUT2D eigenvalue weighted by Crippen LogP contribution is 2.44. The number of alkyl carbamates (subject to hydrolysis) is 1. The molecular weight excluding hydrogens is 416 g/mol. The second-order valence-corrected chi connectivity index (χ2v) is 7.86. The molecule has 2 amide bonds. The monoisotopic (exact) mass is 440 g/mol. The number of carboxylic acid groups (broad SMARTS) is 1. The highest BCUT2D eigenvalue weighted by Gasteiger charge is 2.45. The Morgan fingerprint density at radius 2 is 1.75 bits per heavy atom. The van der Waals surface area contributed by atoms with Gasteiger partial charge in [-0.15, -0.1) is 0 Å². The van der Waals surface area contributed by atoms with E-state index in [1.807, 2.05) is 48.5 Å². The van der Waals surface area contributed by atoms with Crippen LogP contribution in [0.25, 0.3) is 11.1 Å². The maximum Gasteiger partial charge on any atom is 0.408 e. The van der Waals surface area contributed by atoms with Crippen LogP contribution in [0.4, 0.5) is 4.79 Å². The minimum absolute atomic E-state index is 0.0756. The molecule has 9 heteroatoms. The van der Waals surface area contributed by atoms with Gasteiger partial charge in [0, 0.05) is 18.9 Å². The minimum atomic E-state index is -1.40. The third-order valence-corrected chi connectivity index (χ3v) is 5.82. The summed E-state index contributed by atoms with van der Waals surface area (Å²) in [6.45, 7) is 1.56. The summed E-state index contributed by atoms with van der Waals surface area (Å²) in [4.78, 5) is 41.0. The van der Waals surface area contributed by atoms with Crippen molar-refractivity contribution in [2.24, 2.45) is 0 Å². The molecule has 1 heterocycles. The normalized spacial score (nSPS) is 20.2. The van der Waals surface area contributed by atoms with Gasteiger partial charge in [-0.2, -0.15) is 0 Å². The number of carbonyl (C=O) groups is 3. The van der Waals surface area contributed by atoms with Crippen molar-refractivity contribution < 1.29 is 33.8 Å². The predicted molar refractivity (Wildman–Crippen MR) is 113 cm³/mol. The zero-order chi connectivity index (χ0) is 22.7. The molecule has 3 N–H and O–H groups in total. The third kappa shape index (κ3) is 4.17. The second kappa shape index (κ2) is 8.97. The van der Waals surface area contributed by atoms with Gasteiger partial charge in [0.25, 0.3) is 5.91 Å². The first kappa shape index (κ1) is 21.8. The maximum atomic E-state index is 12.6. The Bertz CT molecular complexity index is 987. The summed E-state index contributed by atoms with van der Waals surface area (Å²) in [5.74, 6) is -2.04. The molecule has 0 spiro atoms. The predicted octanol–water partition coefficient (Wildman–Crippen LogP) is 2.21. The van der Waals surface area contributed by atoms with Crippen molar-refractivity contribution in [3.8, 4) is 11.1 Å². The number of hydrogen-bond donors (Lipinski definition) is 3. The van der Waals surface area contributed by atoms with Crippen molar-refractivity contribution in [2.75, 3.05) is 19.8 Å². The molecule has 1 fully saturated rings. The topological polar surface area (TPSA) is 123 Å². The fraction of sp³-hybridized carbons (Fsp3) is 0.348. The minimum Gasteiger partial charge on any atom is -0.479 e. The molecular formula is C23H24N2O7. The van der Waals surface area contributed by atoms with Crippen LogP contribution in [0.2, 0.25) is 0 Å². The van der Waals surface area contributed by atoms with E-state index in [-0.39, 0.29) is 32.2 Å². The van der Waals surface area contributed by atoms with Crippen LogP contribution in [-0.2, 0) is 23.9 Å². The molecule has 2 aromatic carbocycles. The van der Waals surface area contributed by atoms with Crippen LogP contribution < -0.4 is 10.8 Å². The van der Waals surface area contributed by atoms with Gasteiger partial charge in [0.1, 0.15) is 12.1 Å². The highest BCUT2D eigenvalue weighted by molar-refractivity contribution is 5.90. The Hall–Kier alpha value is -3.43. The van der Waals surface area contributed by atoms with E-state index in [9.17, 15) is 14.4 Å². The highest BCUT2D eigenvalue weighted by atomic mass is 16.7. The van der Waals surface area contributed by atoms with Crippen LogP contribution in [0.3, 0.4) is 0 Å². The average molecular weight is 440 g/mol. The molecule has 2 aliphatic rings. The number of fused-ring (bicyclic) bond motifs is 3. The molecule has 2 aromatic rings. The molecule has 0 radical (unpaired) electrons. The number of rotatable bonds is 7. The standard InChI is InChI=1S/C23H24N2O7/c1-14(20(26)27)32-25-21(28)23(10-11-30-13-23)24-22(29)31-12-19-17-8-4-2-6-15(17)16-7-3-5-9-18(16)19/h2-9,14,19H,10-13H2,1H3,(H,24,29)(H,25,28)(H,26,27). The van der Waals surface area contributed by atoms with E-state index in [0.717, 1.165) is 22.3 Å². The van der Waals surface area contributed by atoms with Crippen LogP contribution >= 0.6 is 0 Å². The molecule has 4 rings (SSSR count). The van der Waals surface area contributed by atoms with Gasteiger partial charge in [0.15, 0.2) is 6.10 Å². The molecule has 1 aliphatic heterocycles. The number of carbonyl (C=O) groups excluding carboxylic acids is 2.